The van der Waals surface area contributed by atoms with Gasteiger partial charge < -0.3 is 9.84 Å². The standard InChI is InChI=1S/C10H13NO3/c1-14-6-2-3-9(12)8-4-5-11-7-10(8)13/h4-5,7,13H,2-3,6H2,1H3. The summed E-state index contributed by atoms with van der Waals surface area (Å²) in [6.45, 7) is 0.553. The number of hydrogen-bond acceptors (Lipinski definition) is 4. The van der Waals surface area contributed by atoms with E-state index in [0.29, 0.717) is 25.0 Å². The molecule has 1 aromatic rings. The summed E-state index contributed by atoms with van der Waals surface area (Å²) in [6.07, 6.45) is 3.80. The minimum Gasteiger partial charge on any atom is -0.506 e. The highest BCUT2D eigenvalue weighted by Crippen LogP contribution is 2.16. The van der Waals surface area contributed by atoms with E-state index in [0.717, 1.165) is 0 Å². The highest BCUT2D eigenvalue weighted by atomic mass is 16.5. The Morgan fingerprint density at radius 1 is 1.64 bits per heavy atom. The zero-order valence-corrected chi connectivity index (χ0v) is 8.06. The van der Waals surface area contributed by atoms with Gasteiger partial charge in [-0.2, -0.15) is 0 Å². The molecule has 14 heavy (non-hydrogen) atoms. The van der Waals surface area contributed by atoms with Crippen LogP contribution in [0.15, 0.2) is 18.5 Å². The third-order valence-corrected chi connectivity index (χ3v) is 1.85. The summed E-state index contributed by atoms with van der Waals surface area (Å²) in [5, 5.41) is 9.32. The van der Waals surface area contributed by atoms with Crippen LogP contribution in [0.1, 0.15) is 23.2 Å². The molecular formula is C10H13NO3. The number of aromatic hydroxyl groups is 1. The summed E-state index contributed by atoms with van der Waals surface area (Å²) >= 11 is 0. The third-order valence-electron chi connectivity index (χ3n) is 1.85. The second kappa shape index (κ2) is 5.34. The first kappa shape index (κ1) is 10.7. The Morgan fingerprint density at radius 3 is 3.07 bits per heavy atom. The van der Waals surface area contributed by atoms with E-state index in [1.807, 2.05) is 0 Å². The minimum absolute atomic E-state index is 0.0603. The second-order valence-corrected chi connectivity index (χ2v) is 2.91. The number of carbonyl (C=O) groups excluding carboxylic acids is 1. The number of ketones is 1. The molecule has 0 unspecified atom stereocenters. The molecule has 76 valence electrons. The van der Waals surface area contributed by atoms with Gasteiger partial charge in [0.25, 0.3) is 0 Å². The lowest BCUT2D eigenvalue weighted by molar-refractivity contribution is 0.0960. The predicted octanol–water partition coefficient (Wildman–Crippen LogP) is 1.40. The summed E-state index contributed by atoms with van der Waals surface area (Å²) in [7, 11) is 1.59. The molecule has 0 aliphatic heterocycles. The Kier molecular flexibility index (Phi) is 4.07. The molecule has 0 amide bonds. The molecule has 0 atom stereocenters. The Morgan fingerprint density at radius 2 is 2.43 bits per heavy atom. The number of aromatic nitrogens is 1. The van der Waals surface area contributed by atoms with Crippen molar-refractivity contribution in [3.63, 3.8) is 0 Å². The Bertz CT molecular complexity index is 312. The number of ether oxygens (including phenoxy) is 1. The predicted molar refractivity (Wildman–Crippen MR) is 51.3 cm³/mol. The van der Waals surface area contributed by atoms with Crippen molar-refractivity contribution in [2.45, 2.75) is 12.8 Å². The average molecular weight is 195 g/mol. The van der Waals surface area contributed by atoms with Crippen molar-refractivity contribution in [3.8, 4) is 5.75 Å². The van der Waals surface area contributed by atoms with Crippen LogP contribution in [-0.2, 0) is 4.74 Å². The van der Waals surface area contributed by atoms with Gasteiger partial charge in [0.1, 0.15) is 5.75 Å². The lowest BCUT2D eigenvalue weighted by atomic mass is 10.1. The molecule has 0 radical (unpaired) electrons. The lowest BCUT2D eigenvalue weighted by Gasteiger charge is -2.02. The van der Waals surface area contributed by atoms with E-state index in [1.54, 1.807) is 7.11 Å². The molecule has 0 bridgehead atoms. The van der Waals surface area contributed by atoms with Crippen LogP contribution < -0.4 is 0 Å². The number of hydrogen-bond donors (Lipinski definition) is 1. The molecule has 4 heteroatoms. The van der Waals surface area contributed by atoms with Gasteiger partial charge in [0.15, 0.2) is 5.78 Å². The quantitative estimate of drug-likeness (QED) is 0.569. The number of Topliss-reactive ketones (excluding diaryl/α,β-unsaturated/α-hetero) is 1. The van der Waals surface area contributed by atoms with Crippen LogP contribution in [0.3, 0.4) is 0 Å². The van der Waals surface area contributed by atoms with E-state index in [4.69, 9.17) is 4.74 Å². The van der Waals surface area contributed by atoms with Gasteiger partial charge in [-0.25, -0.2) is 0 Å². The fourth-order valence-electron chi connectivity index (χ4n) is 1.13. The van der Waals surface area contributed by atoms with E-state index < -0.39 is 0 Å². The van der Waals surface area contributed by atoms with Crippen LogP contribution >= 0.6 is 0 Å². The van der Waals surface area contributed by atoms with Crippen LogP contribution in [0.2, 0.25) is 0 Å². The summed E-state index contributed by atoms with van der Waals surface area (Å²) in [6, 6.07) is 1.52. The molecule has 4 nitrogen and oxygen atoms in total. The van der Waals surface area contributed by atoms with Crippen molar-refractivity contribution >= 4 is 5.78 Å². The van der Waals surface area contributed by atoms with Crippen molar-refractivity contribution in [2.75, 3.05) is 13.7 Å². The molecular weight excluding hydrogens is 182 g/mol. The van der Waals surface area contributed by atoms with Crippen molar-refractivity contribution < 1.29 is 14.6 Å². The molecule has 0 aromatic carbocycles. The van der Waals surface area contributed by atoms with E-state index >= 15 is 0 Å². The second-order valence-electron chi connectivity index (χ2n) is 2.91. The maximum atomic E-state index is 11.5. The van der Waals surface area contributed by atoms with Crippen molar-refractivity contribution in [3.05, 3.63) is 24.0 Å². The van der Waals surface area contributed by atoms with Gasteiger partial charge in [-0.3, -0.25) is 9.78 Å². The van der Waals surface area contributed by atoms with Gasteiger partial charge in [0.2, 0.25) is 0 Å². The molecule has 1 heterocycles. The first-order chi connectivity index (χ1) is 6.75. The van der Waals surface area contributed by atoms with Gasteiger partial charge in [-0.05, 0) is 12.5 Å². The highest BCUT2D eigenvalue weighted by Gasteiger charge is 2.09. The third kappa shape index (κ3) is 2.81. The number of pyridine rings is 1. The molecule has 0 saturated carbocycles. The van der Waals surface area contributed by atoms with E-state index in [2.05, 4.69) is 4.98 Å². The first-order valence-electron chi connectivity index (χ1n) is 4.41. The monoisotopic (exact) mass is 195 g/mol. The van der Waals surface area contributed by atoms with E-state index in [-0.39, 0.29) is 11.5 Å². The number of methoxy groups -OCH3 is 1. The molecule has 0 aliphatic rings. The van der Waals surface area contributed by atoms with E-state index in [1.165, 1.54) is 18.5 Å². The largest absolute Gasteiger partial charge is 0.506 e. The lowest BCUT2D eigenvalue weighted by Crippen LogP contribution is -2.01. The fourth-order valence-corrected chi connectivity index (χ4v) is 1.13. The van der Waals surface area contributed by atoms with Crippen LogP contribution in [0.4, 0.5) is 0 Å². The molecule has 0 aliphatic carbocycles. The normalized spacial score (nSPS) is 10.1. The van der Waals surface area contributed by atoms with Gasteiger partial charge in [0.05, 0.1) is 11.8 Å². The Labute approximate surface area is 82.5 Å². The maximum Gasteiger partial charge on any atom is 0.166 e. The summed E-state index contributed by atoms with van der Waals surface area (Å²) in [5.74, 6) is -0.142. The number of carbonyl (C=O) groups is 1. The molecule has 1 N–H and O–H groups in total. The number of rotatable bonds is 5. The Hall–Kier alpha value is -1.42. The summed E-state index contributed by atoms with van der Waals surface area (Å²) in [4.78, 5) is 15.2. The molecule has 0 fully saturated rings. The zero-order chi connectivity index (χ0) is 10.4. The highest BCUT2D eigenvalue weighted by molar-refractivity contribution is 5.98. The molecule has 0 spiro atoms. The fraction of sp³-hybridized carbons (Fsp3) is 0.400. The van der Waals surface area contributed by atoms with Gasteiger partial charge in [0, 0.05) is 26.3 Å². The van der Waals surface area contributed by atoms with Crippen molar-refractivity contribution in [2.24, 2.45) is 0 Å². The topological polar surface area (TPSA) is 59.4 Å². The minimum atomic E-state index is -0.0815. The smallest absolute Gasteiger partial charge is 0.166 e. The Balaban J connectivity index is 2.56. The van der Waals surface area contributed by atoms with Crippen LogP contribution in [0.5, 0.6) is 5.75 Å². The van der Waals surface area contributed by atoms with Crippen molar-refractivity contribution in [1.82, 2.24) is 4.98 Å². The molecule has 1 aromatic heterocycles. The van der Waals surface area contributed by atoms with Crippen LogP contribution in [0, 0.1) is 0 Å². The molecule has 0 saturated heterocycles. The van der Waals surface area contributed by atoms with Crippen molar-refractivity contribution in [1.29, 1.82) is 0 Å². The first-order valence-corrected chi connectivity index (χ1v) is 4.41. The van der Waals surface area contributed by atoms with Crippen LogP contribution in [0.25, 0.3) is 0 Å². The maximum absolute atomic E-state index is 11.5. The summed E-state index contributed by atoms with van der Waals surface area (Å²) < 4.78 is 4.83. The number of nitrogens with zero attached hydrogens (tertiary/aromatic N) is 1. The van der Waals surface area contributed by atoms with E-state index in [9.17, 15) is 9.90 Å². The average Bonchev–Trinajstić information content (AvgIpc) is 2.18. The summed E-state index contributed by atoms with van der Waals surface area (Å²) in [5.41, 5.74) is 0.330. The van der Waals surface area contributed by atoms with Gasteiger partial charge in [-0.15, -0.1) is 0 Å². The zero-order valence-electron chi connectivity index (χ0n) is 8.06. The van der Waals surface area contributed by atoms with Crippen LogP contribution in [-0.4, -0.2) is 29.6 Å². The SMILES string of the molecule is COCCCC(=O)c1ccncc1O. The molecule has 1 rings (SSSR count). The van der Waals surface area contributed by atoms with Gasteiger partial charge >= 0.3 is 0 Å². The van der Waals surface area contributed by atoms with Gasteiger partial charge in [-0.1, -0.05) is 0 Å².